The van der Waals surface area contributed by atoms with Crippen LogP contribution in [0.25, 0.3) is 17.6 Å². The van der Waals surface area contributed by atoms with Crippen LogP contribution >= 0.6 is 0 Å². The molecule has 0 atom stereocenters. The van der Waals surface area contributed by atoms with Crippen LogP contribution in [0.15, 0.2) is 54.7 Å². The van der Waals surface area contributed by atoms with Crippen LogP contribution in [0.5, 0.6) is 0 Å². The molecule has 0 radical (unpaired) electrons. The van der Waals surface area contributed by atoms with Crippen LogP contribution < -0.4 is 0 Å². The molecule has 17 heavy (non-hydrogen) atoms. The Bertz CT molecular complexity index is 445. The fraction of sp³-hybridized carbons (Fsp3) is 0. The maximum absolute atomic E-state index is 8.24. The first-order valence-electron chi connectivity index (χ1n) is 5.02. The van der Waals surface area contributed by atoms with Crippen LogP contribution in [0.1, 0.15) is 11.3 Å². The highest BCUT2D eigenvalue weighted by molar-refractivity contribution is 5.67. The number of isocyanates is 1. The van der Waals surface area contributed by atoms with Crippen LogP contribution in [0.2, 0.25) is 0 Å². The van der Waals surface area contributed by atoms with E-state index in [0.29, 0.717) is 6.08 Å². The van der Waals surface area contributed by atoms with Gasteiger partial charge in [-0.25, -0.2) is 0 Å². The van der Waals surface area contributed by atoms with Crippen molar-refractivity contribution in [1.29, 1.82) is 0 Å². The fourth-order valence-electron chi connectivity index (χ4n) is 1.22. The Kier molecular flexibility index (Phi) is 5.72. The summed E-state index contributed by atoms with van der Waals surface area (Å²) in [5.41, 5.74) is 2.18. The summed E-state index contributed by atoms with van der Waals surface area (Å²) in [6, 6.07) is 16.1. The Balaban J connectivity index is 0.000000437. The van der Waals surface area contributed by atoms with Gasteiger partial charge in [0.1, 0.15) is 0 Å². The number of aromatic nitrogens is 1. The summed E-state index contributed by atoms with van der Waals surface area (Å²) in [5, 5.41) is 6.76. The summed E-state index contributed by atoms with van der Waals surface area (Å²) < 4.78 is 0. The third-order valence-corrected chi connectivity index (χ3v) is 1.93. The molecule has 0 bridgehead atoms. The van der Waals surface area contributed by atoms with Crippen molar-refractivity contribution in [3.63, 3.8) is 0 Å². The van der Waals surface area contributed by atoms with Gasteiger partial charge in [-0.3, -0.25) is 9.78 Å². The zero-order valence-electron chi connectivity index (χ0n) is 9.15. The highest BCUT2D eigenvalue weighted by atomic mass is 16.1. The van der Waals surface area contributed by atoms with Gasteiger partial charge in [0.15, 0.2) is 0 Å². The molecule has 1 aromatic heterocycles. The lowest BCUT2D eigenvalue weighted by Gasteiger charge is -1.92. The Hall–Kier alpha value is -2.51. The van der Waals surface area contributed by atoms with E-state index in [4.69, 9.17) is 10.2 Å². The number of benzene rings is 1. The Labute approximate surface area is 100.0 Å². The van der Waals surface area contributed by atoms with Gasteiger partial charge in [-0.05, 0) is 29.9 Å². The standard InChI is InChI=1S/C13H11N.CNO/c1-2-6-12(7-3-1)9-10-13-8-4-5-11-14-13;2-1-3/h1-11H;/q;-1. The van der Waals surface area contributed by atoms with E-state index in [0.717, 1.165) is 5.69 Å². The maximum atomic E-state index is 8.24. The average Bonchev–Trinajstić information content (AvgIpc) is 2.40. The van der Waals surface area contributed by atoms with E-state index in [2.05, 4.69) is 23.2 Å². The van der Waals surface area contributed by atoms with E-state index in [9.17, 15) is 0 Å². The van der Waals surface area contributed by atoms with Gasteiger partial charge in [0.2, 0.25) is 0 Å². The predicted octanol–water partition coefficient (Wildman–Crippen LogP) is 3.14. The highest BCUT2D eigenvalue weighted by Crippen LogP contribution is 2.04. The van der Waals surface area contributed by atoms with Crippen molar-refractivity contribution in [3.05, 3.63) is 71.4 Å². The van der Waals surface area contributed by atoms with Crippen molar-refractivity contribution in [3.8, 4) is 0 Å². The van der Waals surface area contributed by atoms with Crippen LogP contribution in [-0.4, -0.2) is 11.1 Å². The first-order chi connectivity index (χ1) is 8.36. The zero-order chi connectivity index (χ0) is 12.3. The normalized spacial score (nSPS) is 9.18. The molecule has 1 heterocycles. The first-order valence-corrected chi connectivity index (χ1v) is 5.02. The molecule has 0 aliphatic heterocycles. The average molecular weight is 223 g/mol. The second kappa shape index (κ2) is 7.74. The highest BCUT2D eigenvalue weighted by Gasteiger charge is 1.85. The van der Waals surface area contributed by atoms with Crippen molar-refractivity contribution < 1.29 is 4.79 Å². The SMILES string of the molecule is C(=Cc1ccccn1)c1ccccc1.[N-]=C=O. The molecule has 0 unspecified atom stereocenters. The van der Waals surface area contributed by atoms with Gasteiger partial charge < -0.3 is 5.41 Å². The van der Waals surface area contributed by atoms with Gasteiger partial charge in [-0.15, -0.1) is 0 Å². The summed E-state index contributed by atoms with van der Waals surface area (Å²) in [6.45, 7) is 0. The van der Waals surface area contributed by atoms with Crippen LogP contribution in [0.4, 0.5) is 0 Å². The van der Waals surface area contributed by atoms with Gasteiger partial charge in [-0.2, -0.15) is 0 Å². The molecule has 0 saturated heterocycles. The monoisotopic (exact) mass is 223 g/mol. The quantitative estimate of drug-likeness (QED) is 0.580. The Morgan fingerprint density at radius 3 is 2.24 bits per heavy atom. The molecular weight excluding hydrogens is 212 g/mol. The van der Waals surface area contributed by atoms with Crippen LogP contribution in [0, 0.1) is 0 Å². The van der Waals surface area contributed by atoms with E-state index in [1.807, 2.05) is 42.5 Å². The van der Waals surface area contributed by atoms with Crippen molar-refractivity contribution in [1.82, 2.24) is 4.98 Å². The minimum Gasteiger partial charge on any atom is -0.724 e. The molecule has 0 aliphatic rings. The third-order valence-electron chi connectivity index (χ3n) is 1.93. The molecule has 1 aromatic carbocycles. The summed E-state index contributed by atoms with van der Waals surface area (Å²) in [7, 11) is 0. The lowest BCUT2D eigenvalue weighted by molar-refractivity contribution is 0.569. The molecule has 3 heteroatoms. The van der Waals surface area contributed by atoms with E-state index in [1.54, 1.807) is 6.20 Å². The molecule has 0 amide bonds. The fourth-order valence-corrected chi connectivity index (χ4v) is 1.22. The molecule has 0 aliphatic carbocycles. The van der Waals surface area contributed by atoms with E-state index < -0.39 is 0 Å². The van der Waals surface area contributed by atoms with Crippen molar-refractivity contribution >= 4 is 18.2 Å². The molecule has 0 fully saturated rings. The number of carbonyl (C=O) groups excluding carboxylic acids is 1. The van der Waals surface area contributed by atoms with Crippen LogP contribution in [-0.2, 0) is 4.79 Å². The lowest BCUT2D eigenvalue weighted by atomic mass is 10.2. The number of hydrogen-bond donors (Lipinski definition) is 0. The molecule has 0 N–H and O–H groups in total. The summed E-state index contributed by atoms with van der Waals surface area (Å²) >= 11 is 0. The minimum atomic E-state index is 0.500. The Morgan fingerprint density at radius 2 is 1.65 bits per heavy atom. The van der Waals surface area contributed by atoms with Gasteiger partial charge in [-0.1, -0.05) is 42.5 Å². The van der Waals surface area contributed by atoms with Crippen molar-refractivity contribution in [2.75, 3.05) is 0 Å². The van der Waals surface area contributed by atoms with Gasteiger partial charge in [0.05, 0.1) is 5.69 Å². The Morgan fingerprint density at radius 1 is 1.00 bits per heavy atom. The third kappa shape index (κ3) is 5.21. The summed E-state index contributed by atoms with van der Waals surface area (Å²) in [6.07, 6.45) is 6.36. The minimum absolute atomic E-state index is 0.500. The van der Waals surface area contributed by atoms with Gasteiger partial charge >= 0.3 is 0 Å². The zero-order valence-corrected chi connectivity index (χ0v) is 9.15. The predicted molar refractivity (Wildman–Crippen MR) is 68.7 cm³/mol. The van der Waals surface area contributed by atoms with Gasteiger partial charge in [0.25, 0.3) is 0 Å². The number of nitrogens with zero attached hydrogens (tertiary/aromatic N) is 2. The second-order valence-corrected chi connectivity index (χ2v) is 3.09. The van der Waals surface area contributed by atoms with Crippen molar-refractivity contribution in [2.45, 2.75) is 0 Å². The topological polar surface area (TPSA) is 52.3 Å². The second-order valence-electron chi connectivity index (χ2n) is 3.09. The molecule has 84 valence electrons. The van der Waals surface area contributed by atoms with E-state index in [1.165, 1.54) is 5.56 Å². The van der Waals surface area contributed by atoms with E-state index in [-0.39, 0.29) is 0 Å². The molecular formula is C14H11N2O-. The lowest BCUT2D eigenvalue weighted by Crippen LogP contribution is -1.76. The van der Waals surface area contributed by atoms with E-state index >= 15 is 0 Å². The summed E-state index contributed by atoms with van der Waals surface area (Å²) in [5.74, 6) is 0. The number of pyridine rings is 1. The summed E-state index contributed by atoms with van der Waals surface area (Å²) in [4.78, 5) is 12.4. The van der Waals surface area contributed by atoms with Crippen LogP contribution in [0.3, 0.4) is 0 Å². The first kappa shape index (κ1) is 12.6. The molecule has 0 spiro atoms. The number of hydrogen-bond acceptors (Lipinski definition) is 2. The molecule has 2 rings (SSSR count). The molecule has 2 aromatic rings. The van der Waals surface area contributed by atoms with Gasteiger partial charge in [0, 0.05) is 6.20 Å². The van der Waals surface area contributed by atoms with Crippen molar-refractivity contribution in [2.24, 2.45) is 0 Å². The molecule has 0 saturated carbocycles. The smallest absolute Gasteiger partial charge is 0.0629 e. The largest absolute Gasteiger partial charge is 0.724 e. The molecule has 3 nitrogen and oxygen atoms in total. The maximum Gasteiger partial charge on any atom is 0.0629 e. The number of rotatable bonds is 2.